The van der Waals surface area contributed by atoms with Gasteiger partial charge in [-0.2, -0.15) is 4.73 Å². The van der Waals surface area contributed by atoms with Gasteiger partial charge in [0, 0.05) is 46.6 Å². The highest BCUT2D eigenvalue weighted by Crippen LogP contribution is 2.38. The minimum Gasteiger partial charge on any atom is -0.618 e. The van der Waals surface area contributed by atoms with E-state index in [4.69, 9.17) is 16.3 Å². The fourth-order valence-corrected chi connectivity index (χ4v) is 3.78. The summed E-state index contributed by atoms with van der Waals surface area (Å²) < 4.78 is 6.17. The van der Waals surface area contributed by atoms with E-state index >= 15 is 0 Å². The van der Waals surface area contributed by atoms with E-state index in [1.54, 1.807) is 37.4 Å². The number of nitrogens with zero attached hydrogens (tertiary/aromatic N) is 1. The molecule has 0 spiro atoms. The van der Waals surface area contributed by atoms with Crippen molar-refractivity contribution in [3.8, 4) is 5.75 Å². The smallest absolute Gasteiger partial charge is 0.259 e. The standard InChI is InChI=1S/C23H19ClN2O3/c1-29-22-7-4-5-19-23(22)18(14-25-19)17(15-8-10-16(24)11-9-15)13-21(27)20-6-2-3-12-26(20)28/h2-12,14,17,25H,13H2,1H3/t17-/m0/s1. The molecule has 2 aromatic heterocycles. The molecule has 146 valence electrons. The van der Waals surface area contributed by atoms with Gasteiger partial charge in [0.15, 0.2) is 6.20 Å². The number of fused-ring (bicyclic) bond motifs is 1. The highest BCUT2D eigenvalue weighted by Gasteiger charge is 2.26. The summed E-state index contributed by atoms with van der Waals surface area (Å²) in [4.78, 5) is 16.3. The zero-order chi connectivity index (χ0) is 20.4. The fourth-order valence-electron chi connectivity index (χ4n) is 3.66. The minimum atomic E-state index is -0.273. The number of aromatic amines is 1. The summed E-state index contributed by atoms with van der Waals surface area (Å²) >= 11 is 6.07. The van der Waals surface area contributed by atoms with Crippen molar-refractivity contribution in [1.29, 1.82) is 0 Å². The Morgan fingerprint density at radius 1 is 1.14 bits per heavy atom. The van der Waals surface area contributed by atoms with Gasteiger partial charge in [-0.1, -0.05) is 29.8 Å². The number of rotatable bonds is 6. The van der Waals surface area contributed by atoms with Crippen LogP contribution in [0.3, 0.4) is 0 Å². The summed E-state index contributed by atoms with van der Waals surface area (Å²) in [5, 5.41) is 13.6. The second kappa shape index (κ2) is 7.97. The molecule has 29 heavy (non-hydrogen) atoms. The van der Waals surface area contributed by atoms with Gasteiger partial charge in [0.05, 0.1) is 7.11 Å². The quantitative estimate of drug-likeness (QED) is 0.282. The summed E-state index contributed by atoms with van der Waals surface area (Å²) in [7, 11) is 1.62. The van der Waals surface area contributed by atoms with E-state index in [0.29, 0.717) is 9.75 Å². The highest BCUT2D eigenvalue weighted by molar-refractivity contribution is 6.30. The number of H-pyrrole nitrogens is 1. The van der Waals surface area contributed by atoms with E-state index in [9.17, 15) is 10.0 Å². The van der Waals surface area contributed by atoms with Gasteiger partial charge in [0.1, 0.15) is 5.75 Å². The molecule has 1 atom stereocenters. The van der Waals surface area contributed by atoms with Crippen LogP contribution in [0.15, 0.2) is 73.1 Å². The van der Waals surface area contributed by atoms with Crippen LogP contribution in [-0.2, 0) is 0 Å². The number of ether oxygens (including phenoxy) is 1. The van der Waals surface area contributed by atoms with Crippen LogP contribution in [0.1, 0.15) is 34.0 Å². The normalized spacial score (nSPS) is 12.1. The van der Waals surface area contributed by atoms with Crippen molar-refractivity contribution < 1.29 is 14.3 Å². The third kappa shape index (κ3) is 3.69. The Labute approximate surface area is 173 Å². The molecule has 4 aromatic rings. The van der Waals surface area contributed by atoms with Crippen LogP contribution in [0.25, 0.3) is 10.9 Å². The van der Waals surface area contributed by atoms with Gasteiger partial charge in [0.2, 0.25) is 5.78 Å². The lowest BCUT2D eigenvalue weighted by molar-refractivity contribution is -0.607. The molecule has 4 rings (SSSR count). The third-order valence-electron chi connectivity index (χ3n) is 5.07. The first-order valence-electron chi connectivity index (χ1n) is 9.19. The summed E-state index contributed by atoms with van der Waals surface area (Å²) in [6.45, 7) is 0. The maximum Gasteiger partial charge on any atom is 0.259 e. The molecular formula is C23H19ClN2O3. The Morgan fingerprint density at radius 2 is 1.93 bits per heavy atom. The first kappa shape index (κ1) is 19.0. The number of hydrogen-bond donors (Lipinski definition) is 1. The molecule has 1 N–H and O–H groups in total. The first-order valence-corrected chi connectivity index (χ1v) is 9.57. The predicted molar refractivity (Wildman–Crippen MR) is 112 cm³/mol. The lowest BCUT2D eigenvalue weighted by Gasteiger charge is -2.17. The average molecular weight is 407 g/mol. The van der Waals surface area contributed by atoms with Gasteiger partial charge in [-0.05, 0) is 41.5 Å². The molecule has 0 bridgehead atoms. The molecule has 2 aromatic carbocycles. The van der Waals surface area contributed by atoms with Crippen LogP contribution >= 0.6 is 11.6 Å². The monoisotopic (exact) mass is 406 g/mol. The van der Waals surface area contributed by atoms with Gasteiger partial charge in [0.25, 0.3) is 5.69 Å². The molecule has 6 heteroatoms. The Hall–Kier alpha value is -3.31. The summed E-state index contributed by atoms with van der Waals surface area (Å²) in [5.41, 5.74) is 2.91. The molecule has 2 heterocycles. The van der Waals surface area contributed by atoms with Gasteiger partial charge < -0.3 is 14.9 Å². The van der Waals surface area contributed by atoms with Crippen molar-refractivity contribution in [1.82, 2.24) is 4.98 Å². The second-order valence-electron chi connectivity index (χ2n) is 6.77. The van der Waals surface area contributed by atoms with Crippen molar-refractivity contribution in [2.24, 2.45) is 0 Å². The van der Waals surface area contributed by atoms with Crippen LogP contribution < -0.4 is 9.47 Å². The zero-order valence-corrected chi connectivity index (χ0v) is 16.5. The van der Waals surface area contributed by atoms with Crippen LogP contribution in [0, 0.1) is 5.21 Å². The first-order chi connectivity index (χ1) is 14.1. The number of pyridine rings is 1. The molecule has 0 saturated heterocycles. The summed E-state index contributed by atoms with van der Waals surface area (Å²) in [6, 6.07) is 18.0. The third-order valence-corrected chi connectivity index (χ3v) is 5.32. The number of methoxy groups -OCH3 is 1. The number of ketones is 1. The van der Waals surface area contributed by atoms with E-state index < -0.39 is 0 Å². The Morgan fingerprint density at radius 3 is 2.66 bits per heavy atom. The molecule has 0 fully saturated rings. The number of hydrogen-bond acceptors (Lipinski definition) is 3. The molecule has 0 amide bonds. The van der Waals surface area contributed by atoms with Crippen LogP contribution in [0.4, 0.5) is 0 Å². The lowest BCUT2D eigenvalue weighted by atomic mass is 9.86. The van der Waals surface area contributed by atoms with Crippen LogP contribution in [-0.4, -0.2) is 17.9 Å². The summed E-state index contributed by atoms with van der Waals surface area (Å²) in [6.07, 6.45) is 3.37. The number of carbonyl (C=O) groups is 1. The van der Waals surface area contributed by atoms with Gasteiger partial charge >= 0.3 is 0 Å². The van der Waals surface area contributed by atoms with Gasteiger partial charge in [-0.25, -0.2) is 0 Å². The molecule has 0 radical (unpaired) electrons. The van der Waals surface area contributed by atoms with Crippen molar-refractivity contribution >= 4 is 28.3 Å². The van der Waals surface area contributed by atoms with Crippen molar-refractivity contribution in [3.05, 3.63) is 100 Å². The fraction of sp³-hybridized carbons (Fsp3) is 0.130. The number of carbonyl (C=O) groups excluding carboxylic acids is 1. The van der Waals surface area contributed by atoms with E-state index in [-0.39, 0.29) is 23.8 Å². The number of aromatic nitrogens is 2. The predicted octanol–water partition coefficient (Wildman–Crippen LogP) is 4.87. The average Bonchev–Trinajstić information content (AvgIpc) is 3.17. The maximum atomic E-state index is 13.0. The van der Waals surface area contributed by atoms with Crippen molar-refractivity contribution in [2.45, 2.75) is 12.3 Å². The van der Waals surface area contributed by atoms with E-state index in [2.05, 4.69) is 4.98 Å². The SMILES string of the molecule is COc1cccc2[nH]cc([C@@H](CC(=O)c3cccc[n+]3[O-])c3ccc(Cl)cc3)c12. The second-order valence-corrected chi connectivity index (χ2v) is 7.21. The number of nitrogens with one attached hydrogen (secondary N) is 1. The number of Topliss-reactive ketones (excluding diaryl/α,β-unsaturated/α-hetero) is 1. The summed E-state index contributed by atoms with van der Waals surface area (Å²) in [5.74, 6) is 0.221. The van der Waals surface area contributed by atoms with Gasteiger partial charge in [-0.3, -0.25) is 4.79 Å². The Balaban J connectivity index is 1.83. The Bertz CT molecular complexity index is 1170. The van der Waals surface area contributed by atoms with E-state index in [1.165, 1.54) is 6.20 Å². The molecule has 0 aliphatic heterocycles. The molecule has 5 nitrogen and oxygen atoms in total. The van der Waals surface area contributed by atoms with E-state index in [0.717, 1.165) is 27.8 Å². The van der Waals surface area contributed by atoms with E-state index in [1.807, 2.05) is 36.5 Å². The maximum absolute atomic E-state index is 13.0. The number of halogens is 1. The topological polar surface area (TPSA) is 69.0 Å². The number of benzene rings is 2. The van der Waals surface area contributed by atoms with Crippen LogP contribution in [0.5, 0.6) is 5.75 Å². The lowest BCUT2D eigenvalue weighted by Crippen LogP contribution is -2.34. The van der Waals surface area contributed by atoms with Gasteiger partial charge in [-0.15, -0.1) is 0 Å². The largest absolute Gasteiger partial charge is 0.618 e. The van der Waals surface area contributed by atoms with Crippen LogP contribution in [0.2, 0.25) is 5.02 Å². The molecule has 0 aliphatic carbocycles. The molecule has 0 aliphatic rings. The Kier molecular flexibility index (Phi) is 5.23. The zero-order valence-electron chi connectivity index (χ0n) is 15.8. The van der Waals surface area contributed by atoms with Crippen molar-refractivity contribution in [3.63, 3.8) is 0 Å². The molecule has 0 saturated carbocycles. The van der Waals surface area contributed by atoms with Crippen molar-refractivity contribution in [2.75, 3.05) is 7.11 Å². The molecule has 0 unspecified atom stereocenters. The molecular weight excluding hydrogens is 388 g/mol. The minimum absolute atomic E-state index is 0.123. The highest BCUT2D eigenvalue weighted by atomic mass is 35.5.